The minimum Gasteiger partial charge on any atom is -0.478 e. The molecule has 0 fully saturated rings. The molecule has 0 saturated heterocycles. The molecule has 0 spiro atoms. The van der Waals surface area contributed by atoms with Gasteiger partial charge in [0.1, 0.15) is 5.56 Å². The van der Waals surface area contributed by atoms with Crippen molar-refractivity contribution in [3.63, 3.8) is 0 Å². The molecule has 0 bridgehead atoms. The van der Waals surface area contributed by atoms with Gasteiger partial charge < -0.3 is 5.11 Å². The maximum Gasteiger partial charge on any atom is 0.339 e. The molecule has 2 aromatic rings. The Kier molecular flexibility index (Phi) is 3.83. The summed E-state index contributed by atoms with van der Waals surface area (Å²) in [4.78, 5) is 11.1. The predicted octanol–water partition coefficient (Wildman–Crippen LogP) is 3.55. The van der Waals surface area contributed by atoms with E-state index >= 15 is 0 Å². The van der Waals surface area contributed by atoms with E-state index in [4.69, 9.17) is 28.3 Å². The fourth-order valence-corrected chi connectivity index (χ4v) is 2.29. The van der Waals surface area contributed by atoms with Crippen LogP contribution in [-0.4, -0.2) is 20.9 Å². The van der Waals surface area contributed by atoms with Gasteiger partial charge in [0.15, 0.2) is 0 Å². The summed E-state index contributed by atoms with van der Waals surface area (Å²) in [5.41, 5.74) is 2.29. The summed E-state index contributed by atoms with van der Waals surface area (Å²) in [6.07, 6.45) is 0. The van der Waals surface area contributed by atoms with Crippen LogP contribution in [0, 0.1) is 13.8 Å². The second-order valence-electron chi connectivity index (χ2n) is 4.26. The smallest absolute Gasteiger partial charge is 0.339 e. The highest BCUT2D eigenvalue weighted by Gasteiger charge is 2.17. The summed E-state index contributed by atoms with van der Waals surface area (Å²) >= 11 is 11.8. The van der Waals surface area contributed by atoms with Gasteiger partial charge in [-0.25, -0.2) is 4.79 Å². The molecule has 6 heteroatoms. The largest absolute Gasteiger partial charge is 0.478 e. The van der Waals surface area contributed by atoms with Crippen LogP contribution in [0.5, 0.6) is 0 Å². The number of nitrogens with zero attached hydrogens (tertiary/aromatic N) is 2. The highest BCUT2D eigenvalue weighted by molar-refractivity contribution is 6.42. The Morgan fingerprint density at radius 1 is 1.32 bits per heavy atom. The lowest BCUT2D eigenvalue weighted by molar-refractivity contribution is 0.0695. The third kappa shape index (κ3) is 2.74. The Hall–Kier alpha value is -1.52. The first-order valence-electron chi connectivity index (χ1n) is 5.61. The lowest BCUT2D eigenvalue weighted by Crippen LogP contribution is -2.05. The van der Waals surface area contributed by atoms with Crippen molar-refractivity contribution in [3.8, 4) is 0 Å². The van der Waals surface area contributed by atoms with E-state index in [1.165, 1.54) is 0 Å². The van der Waals surface area contributed by atoms with Crippen molar-refractivity contribution in [2.24, 2.45) is 0 Å². The standard InChI is InChI=1S/C13H12Cl2N2O2/c1-7-12(13(18)19)8(2)17(16-7)6-9-3-4-10(14)11(15)5-9/h3-5H,6H2,1-2H3,(H,18,19). The van der Waals surface area contributed by atoms with Gasteiger partial charge in [-0.05, 0) is 31.5 Å². The number of carboxylic acid groups (broad SMARTS) is 1. The molecule has 0 amide bonds. The molecular weight excluding hydrogens is 287 g/mol. The molecule has 2 rings (SSSR count). The minimum absolute atomic E-state index is 0.250. The van der Waals surface area contributed by atoms with Gasteiger partial charge >= 0.3 is 5.97 Å². The Morgan fingerprint density at radius 2 is 2.00 bits per heavy atom. The number of aromatic nitrogens is 2. The Bertz CT molecular complexity index is 650. The lowest BCUT2D eigenvalue weighted by atomic mass is 10.2. The van der Waals surface area contributed by atoms with E-state index in [1.54, 1.807) is 30.7 Å². The normalized spacial score (nSPS) is 10.7. The van der Waals surface area contributed by atoms with E-state index in [0.29, 0.717) is 28.0 Å². The number of carbonyl (C=O) groups is 1. The number of rotatable bonds is 3. The molecule has 0 aliphatic rings. The van der Waals surface area contributed by atoms with E-state index in [1.807, 2.05) is 6.07 Å². The third-order valence-electron chi connectivity index (χ3n) is 2.91. The number of hydrogen-bond acceptors (Lipinski definition) is 2. The quantitative estimate of drug-likeness (QED) is 0.943. The molecule has 0 atom stereocenters. The number of benzene rings is 1. The highest BCUT2D eigenvalue weighted by Crippen LogP contribution is 2.23. The van der Waals surface area contributed by atoms with Crippen molar-refractivity contribution < 1.29 is 9.90 Å². The van der Waals surface area contributed by atoms with Gasteiger partial charge in [-0.15, -0.1) is 0 Å². The molecule has 4 nitrogen and oxygen atoms in total. The number of halogens is 2. The molecule has 0 saturated carbocycles. The molecule has 100 valence electrons. The van der Waals surface area contributed by atoms with Gasteiger partial charge in [0.2, 0.25) is 0 Å². The van der Waals surface area contributed by atoms with Gasteiger partial charge in [0, 0.05) is 0 Å². The van der Waals surface area contributed by atoms with Crippen LogP contribution in [0.2, 0.25) is 10.0 Å². The molecule has 1 heterocycles. The number of aryl methyl sites for hydroxylation is 1. The summed E-state index contributed by atoms with van der Waals surface area (Å²) in [6.45, 7) is 3.87. The van der Waals surface area contributed by atoms with Crippen molar-refractivity contribution >= 4 is 29.2 Å². The van der Waals surface area contributed by atoms with Crippen molar-refractivity contribution in [1.82, 2.24) is 9.78 Å². The first-order chi connectivity index (χ1) is 8.90. The average molecular weight is 299 g/mol. The Morgan fingerprint density at radius 3 is 2.53 bits per heavy atom. The van der Waals surface area contributed by atoms with Crippen LogP contribution in [-0.2, 0) is 6.54 Å². The molecule has 1 aromatic heterocycles. The van der Waals surface area contributed by atoms with Gasteiger partial charge in [0.25, 0.3) is 0 Å². The molecule has 19 heavy (non-hydrogen) atoms. The second kappa shape index (κ2) is 5.23. The van der Waals surface area contributed by atoms with Crippen molar-refractivity contribution in [2.75, 3.05) is 0 Å². The van der Waals surface area contributed by atoms with Crippen LogP contribution in [0.3, 0.4) is 0 Å². The third-order valence-corrected chi connectivity index (χ3v) is 3.65. The highest BCUT2D eigenvalue weighted by atomic mass is 35.5. The maximum absolute atomic E-state index is 11.1. The monoisotopic (exact) mass is 298 g/mol. The van der Waals surface area contributed by atoms with E-state index in [-0.39, 0.29) is 5.56 Å². The molecule has 1 N–H and O–H groups in total. The summed E-state index contributed by atoms with van der Waals surface area (Å²) in [6, 6.07) is 5.30. The first-order valence-corrected chi connectivity index (χ1v) is 6.37. The fourth-order valence-electron chi connectivity index (χ4n) is 1.97. The van der Waals surface area contributed by atoms with Crippen LogP contribution < -0.4 is 0 Å². The molecular formula is C13H12Cl2N2O2. The first kappa shape index (κ1) is 13.9. The van der Waals surface area contributed by atoms with E-state index in [2.05, 4.69) is 5.10 Å². The lowest BCUT2D eigenvalue weighted by Gasteiger charge is -2.06. The summed E-state index contributed by atoms with van der Waals surface area (Å²) in [5.74, 6) is -0.963. The van der Waals surface area contributed by atoms with Crippen LogP contribution in [0.15, 0.2) is 18.2 Å². The van der Waals surface area contributed by atoms with Crippen LogP contribution in [0.25, 0.3) is 0 Å². The average Bonchev–Trinajstić information content (AvgIpc) is 2.59. The minimum atomic E-state index is -0.963. The summed E-state index contributed by atoms with van der Waals surface area (Å²) in [5, 5.41) is 14.3. The molecule has 0 radical (unpaired) electrons. The Labute approximate surface area is 120 Å². The predicted molar refractivity (Wildman–Crippen MR) is 74.2 cm³/mol. The van der Waals surface area contributed by atoms with Crippen LogP contribution in [0.1, 0.15) is 27.3 Å². The Balaban J connectivity index is 2.36. The fraction of sp³-hybridized carbons (Fsp3) is 0.231. The SMILES string of the molecule is Cc1nn(Cc2ccc(Cl)c(Cl)c2)c(C)c1C(=O)O. The molecule has 0 aliphatic heterocycles. The van der Waals surface area contributed by atoms with Crippen molar-refractivity contribution in [2.45, 2.75) is 20.4 Å². The number of carboxylic acids is 1. The van der Waals surface area contributed by atoms with Gasteiger partial charge in [-0.1, -0.05) is 29.3 Å². The maximum atomic E-state index is 11.1. The number of hydrogen-bond donors (Lipinski definition) is 1. The molecule has 1 aromatic carbocycles. The summed E-state index contributed by atoms with van der Waals surface area (Å²) in [7, 11) is 0. The van der Waals surface area contributed by atoms with E-state index in [0.717, 1.165) is 5.56 Å². The zero-order valence-electron chi connectivity index (χ0n) is 10.4. The zero-order chi connectivity index (χ0) is 14.2. The summed E-state index contributed by atoms with van der Waals surface area (Å²) < 4.78 is 1.65. The van der Waals surface area contributed by atoms with Crippen molar-refractivity contribution in [3.05, 3.63) is 50.8 Å². The van der Waals surface area contributed by atoms with E-state index in [9.17, 15) is 4.79 Å². The number of aromatic carboxylic acids is 1. The van der Waals surface area contributed by atoms with Gasteiger partial charge in [-0.2, -0.15) is 5.10 Å². The van der Waals surface area contributed by atoms with E-state index < -0.39 is 5.97 Å². The second-order valence-corrected chi connectivity index (χ2v) is 5.07. The van der Waals surface area contributed by atoms with Crippen molar-refractivity contribution in [1.29, 1.82) is 0 Å². The van der Waals surface area contributed by atoms with Gasteiger partial charge in [-0.3, -0.25) is 4.68 Å². The molecule has 0 aliphatic carbocycles. The van der Waals surface area contributed by atoms with Crippen LogP contribution in [0.4, 0.5) is 0 Å². The topological polar surface area (TPSA) is 55.1 Å². The zero-order valence-corrected chi connectivity index (χ0v) is 12.0. The van der Waals surface area contributed by atoms with Gasteiger partial charge in [0.05, 0.1) is 28.0 Å². The molecule has 0 unspecified atom stereocenters. The van der Waals surface area contributed by atoms with Crippen LogP contribution >= 0.6 is 23.2 Å².